The molecule has 2 aromatic rings. The van der Waals surface area contributed by atoms with E-state index in [1.807, 2.05) is 13.8 Å². The lowest BCUT2D eigenvalue weighted by Crippen LogP contribution is -2.43. The summed E-state index contributed by atoms with van der Waals surface area (Å²) in [5, 5.41) is 14.1. The second kappa shape index (κ2) is 8.21. The highest BCUT2D eigenvalue weighted by molar-refractivity contribution is 5.94. The lowest BCUT2D eigenvalue weighted by Gasteiger charge is -2.31. The van der Waals surface area contributed by atoms with Crippen molar-refractivity contribution in [2.24, 2.45) is 20.0 Å². The summed E-state index contributed by atoms with van der Waals surface area (Å²) in [4.78, 5) is 49.1. The van der Waals surface area contributed by atoms with Gasteiger partial charge in [-0.15, -0.1) is 0 Å². The number of non-ortho nitro benzene ring substituents is 1. The Morgan fingerprint density at radius 2 is 1.81 bits per heavy atom. The van der Waals surface area contributed by atoms with Gasteiger partial charge in [0, 0.05) is 31.9 Å². The number of esters is 1. The van der Waals surface area contributed by atoms with Gasteiger partial charge in [0.2, 0.25) is 0 Å². The molecule has 0 fully saturated rings. The minimum absolute atomic E-state index is 0.111. The van der Waals surface area contributed by atoms with Crippen molar-refractivity contribution >= 4 is 17.5 Å². The lowest BCUT2D eigenvalue weighted by molar-refractivity contribution is -0.384. The monoisotopic (exact) mass is 428 g/mol. The van der Waals surface area contributed by atoms with E-state index < -0.39 is 28.1 Å². The molecule has 1 aromatic carbocycles. The van der Waals surface area contributed by atoms with Crippen molar-refractivity contribution in [3.63, 3.8) is 0 Å². The first-order chi connectivity index (χ1) is 14.5. The minimum Gasteiger partial charge on any atom is -0.462 e. The SMILES string of the molecule is CC1=C(C(=O)OCC(C)C)[C@@H](c2ccc([N+](=O)[O-])cc2)c2c(n(C)c(=O)n(C)c2=O)N1. The molecule has 1 atom stereocenters. The third-order valence-electron chi connectivity index (χ3n) is 5.19. The summed E-state index contributed by atoms with van der Waals surface area (Å²) in [6, 6.07) is 5.64. The summed E-state index contributed by atoms with van der Waals surface area (Å²) in [7, 11) is 2.88. The number of fused-ring (bicyclic) bond motifs is 1. The number of hydrogen-bond acceptors (Lipinski definition) is 7. The minimum atomic E-state index is -0.859. The molecular weight excluding hydrogens is 404 g/mol. The first-order valence-electron chi connectivity index (χ1n) is 9.73. The Balaban J connectivity index is 2.27. The predicted molar refractivity (Wildman–Crippen MR) is 114 cm³/mol. The maximum atomic E-state index is 13.1. The van der Waals surface area contributed by atoms with Crippen LogP contribution in [0.2, 0.25) is 0 Å². The van der Waals surface area contributed by atoms with E-state index in [2.05, 4.69) is 5.32 Å². The largest absolute Gasteiger partial charge is 0.462 e. The molecule has 0 bridgehead atoms. The number of nitro groups is 1. The van der Waals surface area contributed by atoms with Crippen LogP contribution in [0.4, 0.5) is 11.5 Å². The van der Waals surface area contributed by atoms with Gasteiger partial charge in [-0.05, 0) is 18.4 Å². The first kappa shape index (κ1) is 22.0. The predicted octanol–water partition coefficient (Wildman–Crippen LogP) is 2.02. The van der Waals surface area contributed by atoms with Crippen LogP contribution in [-0.4, -0.2) is 26.6 Å². The maximum Gasteiger partial charge on any atom is 0.336 e. The number of rotatable bonds is 5. The quantitative estimate of drug-likeness (QED) is 0.439. The number of benzene rings is 1. The molecule has 0 aliphatic carbocycles. The zero-order valence-corrected chi connectivity index (χ0v) is 18.0. The zero-order chi connectivity index (χ0) is 23.0. The van der Waals surface area contributed by atoms with E-state index in [-0.39, 0.29) is 35.2 Å². The summed E-state index contributed by atoms with van der Waals surface area (Å²) in [6.07, 6.45) is 0. The van der Waals surface area contributed by atoms with Crippen LogP contribution in [0, 0.1) is 16.0 Å². The number of nitrogens with zero attached hydrogens (tertiary/aromatic N) is 3. The van der Waals surface area contributed by atoms with Crippen LogP contribution in [-0.2, 0) is 23.6 Å². The molecule has 1 aliphatic heterocycles. The molecule has 0 spiro atoms. The van der Waals surface area contributed by atoms with Crippen molar-refractivity contribution in [2.45, 2.75) is 26.7 Å². The van der Waals surface area contributed by atoms with Crippen LogP contribution < -0.4 is 16.6 Å². The highest BCUT2D eigenvalue weighted by Gasteiger charge is 2.37. The van der Waals surface area contributed by atoms with Crippen LogP contribution in [0.3, 0.4) is 0 Å². The van der Waals surface area contributed by atoms with E-state index in [1.165, 1.54) is 42.9 Å². The van der Waals surface area contributed by atoms with Gasteiger partial charge in [-0.25, -0.2) is 9.59 Å². The van der Waals surface area contributed by atoms with E-state index in [1.54, 1.807) is 6.92 Å². The molecule has 0 unspecified atom stereocenters. The fourth-order valence-corrected chi connectivity index (χ4v) is 3.60. The number of carbonyl (C=O) groups is 1. The molecule has 1 N–H and O–H groups in total. The third kappa shape index (κ3) is 3.88. The molecule has 31 heavy (non-hydrogen) atoms. The lowest BCUT2D eigenvalue weighted by atomic mass is 9.82. The summed E-state index contributed by atoms with van der Waals surface area (Å²) in [5.74, 6) is -1.07. The number of hydrogen-bond donors (Lipinski definition) is 1. The standard InChI is InChI=1S/C21H24N4O6/c1-11(2)10-31-20(27)15-12(3)22-18-17(19(26)24(5)21(28)23(18)4)16(15)13-6-8-14(9-7-13)25(29)30/h6-9,11,16,22H,10H2,1-5H3/t16-/m1/s1. The molecule has 10 nitrogen and oxygen atoms in total. The van der Waals surface area contributed by atoms with Gasteiger partial charge < -0.3 is 10.1 Å². The Labute approximate surface area is 177 Å². The Hall–Kier alpha value is -3.69. The van der Waals surface area contributed by atoms with Crippen molar-refractivity contribution in [1.29, 1.82) is 0 Å². The first-order valence-corrected chi connectivity index (χ1v) is 9.73. The van der Waals surface area contributed by atoms with Crippen LogP contribution in [0.15, 0.2) is 45.1 Å². The van der Waals surface area contributed by atoms with Gasteiger partial charge in [0.15, 0.2) is 0 Å². The van der Waals surface area contributed by atoms with Gasteiger partial charge in [0.25, 0.3) is 11.2 Å². The molecule has 0 saturated carbocycles. The average Bonchev–Trinajstić information content (AvgIpc) is 2.73. The normalized spacial score (nSPS) is 15.5. The van der Waals surface area contributed by atoms with Gasteiger partial charge in [0.05, 0.1) is 28.6 Å². The van der Waals surface area contributed by atoms with Crippen LogP contribution in [0.25, 0.3) is 0 Å². The number of ether oxygens (including phenoxy) is 1. The molecule has 164 valence electrons. The van der Waals surface area contributed by atoms with Crippen molar-refractivity contribution in [1.82, 2.24) is 9.13 Å². The number of nitrogens with one attached hydrogen (secondary N) is 1. The molecular formula is C21H24N4O6. The molecule has 10 heteroatoms. The maximum absolute atomic E-state index is 13.1. The fourth-order valence-electron chi connectivity index (χ4n) is 3.60. The number of aromatic nitrogens is 2. The number of nitro benzene ring substituents is 1. The van der Waals surface area contributed by atoms with Crippen molar-refractivity contribution in [3.05, 3.63) is 77.6 Å². The molecule has 1 aromatic heterocycles. The second-order valence-electron chi connectivity index (χ2n) is 7.91. The van der Waals surface area contributed by atoms with Crippen LogP contribution in [0.5, 0.6) is 0 Å². The molecule has 0 radical (unpaired) electrons. The second-order valence-corrected chi connectivity index (χ2v) is 7.91. The smallest absolute Gasteiger partial charge is 0.336 e. The van der Waals surface area contributed by atoms with Gasteiger partial charge in [0.1, 0.15) is 5.82 Å². The number of anilines is 1. The third-order valence-corrected chi connectivity index (χ3v) is 5.19. The van der Waals surface area contributed by atoms with E-state index in [4.69, 9.17) is 4.74 Å². The van der Waals surface area contributed by atoms with Crippen LogP contribution >= 0.6 is 0 Å². The topological polar surface area (TPSA) is 125 Å². The summed E-state index contributed by atoms with van der Waals surface area (Å²) in [6.45, 7) is 5.67. The van der Waals surface area contributed by atoms with Crippen molar-refractivity contribution in [3.8, 4) is 0 Å². The molecule has 1 aliphatic rings. The highest BCUT2D eigenvalue weighted by atomic mass is 16.6. The summed E-state index contributed by atoms with van der Waals surface area (Å²) in [5.41, 5.74) is 0.162. The Bertz CT molecular complexity index is 1200. The summed E-state index contributed by atoms with van der Waals surface area (Å²) >= 11 is 0. The van der Waals surface area contributed by atoms with Gasteiger partial charge in [-0.3, -0.25) is 24.0 Å². The van der Waals surface area contributed by atoms with E-state index in [0.717, 1.165) is 4.57 Å². The van der Waals surface area contributed by atoms with Gasteiger partial charge in [-0.1, -0.05) is 26.0 Å². The van der Waals surface area contributed by atoms with E-state index in [0.29, 0.717) is 11.3 Å². The molecule has 0 amide bonds. The Morgan fingerprint density at radius 3 is 2.35 bits per heavy atom. The van der Waals surface area contributed by atoms with Crippen LogP contribution in [0.1, 0.15) is 37.8 Å². The molecule has 2 heterocycles. The van der Waals surface area contributed by atoms with Crippen molar-refractivity contribution < 1.29 is 14.5 Å². The number of carbonyl (C=O) groups excluding carboxylic acids is 1. The van der Waals surface area contributed by atoms with Gasteiger partial charge >= 0.3 is 11.7 Å². The molecule has 0 saturated heterocycles. The van der Waals surface area contributed by atoms with E-state index in [9.17, 15) is 24.5 Å². The summed E-state index contributed by atoms with van der Waals surface area (Å²) < 4.78 is 7.71. The Kier molecular flexibility index (Phi) is 5.83. The van der Waals surface area contributed by atoms with Crippen molar-refractivity contribution in [2.75, 3.05) is 11.9 Å². The molecule has 3 rings (SSSR count). The highest BCUT2D eigenvalue weighted by Crippen LogP contribution is 2.40. The number of allylic oxidation sites excluding steroid dienone is 1. The fraction of sp³-hybridized carbons (Fsp3) is 0.381. The average molecular weight is 428 g/mol. The zero-order valence-electron chi connectivity index (χ0n) is 18.0. The van der Waals surface area contributed by atoms with Gasteiger partial charge in [-0.2, -0.15) is 0 Å². The van der Waals surface area contributed by atoms with E-state index >= 15 is 0 Å². The Morgan fingerprint density at radius 1 is 1.19 bits per heavy atom.